The first kappa shape index (κ1) is 46.8. The van der Waals surface area contributed by atoms with Crippen molar-refractivity contribution >= 4 is 40.6 Å². The molecule has 0 radical (unpaired) electrons. The van der Waals surface area contributed by atoms with Gasteiger partial charge in [-0.05, 0) is 37.5 Å². The van der Waals surface area contributed by atoms with Crippen molar-refractivity contribution in [3.8, 4) is 0 Å². The van der Waals surface area contributed by atoms with Crippen LogP contribution in [0.4, 0.5) is 0 Å². The van der Waals surface area contributed by atoms with Gasteiger partial charge in [-0.3, -0.25) is 4.79 Å². The molecule has 4 fully saturated rings. The van der Waals surface area contributed by atoms with Gasteiger partial charge in [0.15, 0.2) is 24.2 Å². The zero-order chi connectivity index (χ0) is 43.3. The third-order valence-corrected chi connectivity index (χ3v) is 12.6. The molecule has 0 bridgehead atoms. The van der Waals surface area contributed by atoms with E-state index >= 15 is 0 Å². The van der Waals surface area contributed by atoms with Gasteiger partial charge in [-0.1, -0.05) is 147 Å². The summed E-state index contributed by atoms with van der Waals surface area (Å²) in [6, 6.07) is 29.8. The van der Waals surface area contributed by atoms with Crippen molar-refractivity contribution in [2.45, 2.75) is 145 Å². The Morgan fingerprint density at radius 3 is 1.79 bits per heavy atom. The van der Waals surface area contributed by atoms with Crippen molar-refractivity contribution in [2.24, 2.45) is 17.8 Å². The summed E-state index contributed by atoms with van der Waals surface area (Å²) in [6.07, 6.45) is -7.41. The first-order valence-corrected chi connectivity index (χ1v) is 22.4. The van der Waals surface area contributed by atoms with Gasteiger partial charge >= 0.3 is 0 Å². The summed E-state index contributed by atoms with van der Waals surface area (Å²) in [7, 11) is 0. The Morgan fingerprint density at radius 2 is 1.20 bits per heavy atom. The minimum Gasteiger partial charge on any atom is -0.374 e. The minimum absolute atomic E-state index is 0.105. The number of ketones is 1. The summed E-state index contributed by atoms with van der Waals surface area (Å²) >= 11 is 18.5. The first-order chi connectivity index (χ1) is 29.2. The van der Waals surface area contributed by atoms with Crippen LogP contribution in [-0.4, -0.2) is 96.1 Å². The van der Waals surface area contributed by atoms with Crippen LogP contribution < -0.4 is 0 Å². The molecule has 61 heavy (non-hydrogen) atoms. The third-order valence-electron chi connectivity index (χ3n) is 12.0. The molecule has 0 aromatic heterocycles. The van der Waals surface area contributed by atoms with Gasteiger partial charge in [0.25, 0.3) is 0 Å². The Hall–Kier alpha value is -2.20. The van der Waals surface area contributed by atoms with Crippen LogP contribution in [-0.2, 0) is 72.0 Å². The van der Waals surface area contributed by atoms with E-state index in [1.54, 1.807) is 0 Å². The number of halogens is 3. The average Bonchev–Trinajstić information content (AvgIpc) is 3.57. The predicted molar refractivity (Wildman–Crippen MR) is 230 cm³/mol. The molecule has 8 unspecified atom stereocenters. The molecular weight excluding hydrogens is 847 g/mol. The second kappa shape index (κ2) is 20.7. The zero-order valence-corrected chi connectivity index (χ0v) is 37.9. The molecule has 14 atom stereocenters. The summed E-state index contributed by atoms with van der Waals surface area (Å²) in [5, 5.41) is 0. The van der Waals surface area contributed by atoms with Gasteiger partial charge in [-0.25, -0.2) is 0 Å². The molecule has 14 heteroatoms. The highest BCUT2D eigenvalue weighted by Crippen LogP contribution is 2.43. The largest absolute Gasteiger partial charge is 0.374 e. The van der Waals surface area contributed by atoms with E-state index in [0.717, 1.165) is 16.7 Å². The fourth-order valence-corrected chi connectivity index (χ4v) is 9.01. The number of hydrogen-bond donors (Lipinski definition) is 0. The van der Waals surface area contributed by atoms with E-state index in [4.69, 9.17) is 82.2 Å². The lowest BCUT2D eigenvalue weighted by Gasteiger charge is -2.49. The molecule has 334 valence electrons. The molecule has 4 saturated heterocycles. The van der Waals surface area contributed by atoms with Gasteiger partial charge < -0.3 is 47.4 Å². The van der Waals surface area contributed by atoms with E-state index in [0.29, 0.717) is 19.8 Å². The Morgan fingerprint density at radius 1 is 0.656 bits per heavy atom. The van der Waals surface area contributed by atoms with Crippen LogP contribution in [0.1, 0.15) is 64.7 Å². The van der Waals surface area contributed by atoms with E-state index < -0.39 is 76.8 Å². The van der Waals surface area contributed by atoms with Crippen LogP contribution in [0, 0.1) is 17.8 Å². The van der Waals surface area contributed by atoms with Crippen molar-refractivity contribution in [1.29, 1.82) is 0 Å². The topological polar surface area (TPSA) is 109 Å². The third kappa shape index (κ3) is 11.9. The van der Waals surface area contributed by atoms with Gasteiger partial charge in [0.1, 0.15) is 24.4 Å². The fourth-order valence-electron chi connectivity index (χ4n) is 8.78. The fraction of sp³-hybridized carbons (Fsp3) is 0.596. The molecule has 11 nitrogen and oxygen atoms in total. The normalized spacial score (nSPS) is 35.1. The Bertz CT molecular complexity index is 1820. The predicted octanol–water partition coefficient (Wildman–Crippen LogP) is 8.77. The SMILES string of the molecule is CC1C(OCc2ccccc2)[C@H](C)CO[C@H]1O[C@H]1C(C)O[C@@H](OC2C(OCc3ccccc3)C(C)[C@@H](COCc3ccccc3)O[C@@H]2CC(=O)C(Cl)(Cl)Cl)C2OC(C)(C)OC21. The van der Waals surface area contributed by atoms with Gasteiger partial charge in [0.2, 0.25) is 3.79 Å². The molecule has 4 heterocycles. The molecule has 4 aliphatic rings. The second-order valence-corrected chi connectivity index (χ2v) is 19.5. The van der Waals surface area contributed by atoms with E-state index in [1.165, 1.54) is 0 Å². The van der Waals surface area contributed by atoms with Crippen molar-refractivity contribution in [3.05, 3.63) is 108 Å². The summed E-state index contributed by atoms with van der Waals surface area (Å²) < 4.78 is 63.9. The summed E-state index contributed by atoms with van der Waals surface area (Å²) in [6.45, 7) is 13.7. The van der Waals surface area contributed by atoms with Crippen LogP contribution in [0.15, 0.2) is 91.0 Å². The Kier molecular flexibility index (Phi) is 15.9. The molecule has 7 rings (SSSR count). The van der Waals surface area contributed by atoms with Crippen molar-refractivity contribution < 1.29 is 52.2 Å². The van der Waals surface area contributed by atoms with E-state index in [9.17, 15) is 4.79 Å². The first-order valence-electron chi connectivity index (χ1n) is 21.3. The summed E-state index contributed by atoms with van der Waals surface area (Å²) in [5.74, 6) is -1.89. The molecule has 0 amide bonds. The Labute approximate surface area is 374 Å². The van der Waals surface area contributed by atoms with Gasteiger partial charge in [-0.2, -0.15) is 0 Å². The van der Waals surface area contributed by atoms with Crippen molar-refractivity contribution in [3.63, 3.8) is 0 Å². The molecule has 3 aromatic carbocycles. The number of Topliss-reactive ketones (excluding diaryl/α,β-unsaturated/α-hetero) is 1. The number of carbonyl (C=O) groups excluding carboxylic acids is 1. The summed E-state index contributed by atoms with van der Waals surface area (Å²) in [5.41, 5.74) is 3.08. The lowest BCUT2D eigenvalue weighted by molar-refractivity contribution is -0.345. The monoisotopic (exact) mass is 904 g/mol. The van der Waals surface area contributed by atoms with Crippen LogP contribution >= 0.6 is 34.8 Å². The number of rotatable bonds is 16. The van der Waals surface area contributed by atoms with Gasteiger partial charge in [-0.15, -0.1) is 0 Å². The second-order valence-electron chi connectivity index (χ2n) is 17.2. The van der Waals surface area contributed by atoms with Gasteiger partial charge in [0.05, 0.1) is 63.6 Å². The number of ether oxygens (including phenoxy) is 10. The molecule has 0 saturated carbocycles. The minimum atomic E-state index is -2.18. The molecule has 4 aliphatic heterocycles. The maximum atomic E-state index is 13.5. The quantitative estimate of drug-likeness (QED) is 0.129. The number of carbonyl (C=O) groups is 1. The van der Waals surface area contributed by atoms with E-state index in [2.05, 4.69) is 26.0 Å². The molecule has 0 spiro atoms. The Balaban J connectivity index is 1.11. The number of fused-ring (bicyclic) bond motifs is 1. The lowest BCUT2D eigenvalue weighted by atomic mass is 9.86. The number of hydrogen-bond acceptors (Lipinski definition) is 11. The molecule has 0 aliphatic carbocycles. The standard InChI is InChI=1S/C47H59Cl3O11/c1-28-23-55-44(30(3)38(28)53-25-33-18-12-8-13-19-33)58-40-31(4)56-45(43-42(40)60-46(5,6)61-43)59-41-35(22-37(51)47(48,49)50)57-36(27-52-24-32-16-10-7-11-17-32)29(2)39(41)54-26-34-20-14-9-15-21-34/h7-21,28-31,35-36,38-45H,22-27H2,1-6H3/t28-,29?,30?,31?,35-,36-,38?,39?,40+,41?,42?,43?,44+,45+/m1/s1. The highest BCUT2D eigenvalue weighted by Gasteiger charge is 2.58. The maximum absolute atomic E-state index is 13.5. The number of alkyl halides is 3. The van der Waals surface area contributed by atoms with E-state index in [1.807, 2.05) is 107 Å². The van der Waals surface area contributed by atoms with Crippen molar-refractivity contribution in [2.75, 3.05) is 13.2 Å². The smallest absolute Gasteiger partial charge is 0.248 e. The highest BCUT2D eigenvalue weighted by atomic mass is 35.6. The zero-order valence-electron chi connectivity index (χ0n) is 35.6. The molecular formula is C47H59Cl3O11. The van der Waals surface area contributed by atoms with Crippen LogP contribution in [0.25, 0.3) is 0 Å². The lowest BCUT2D eigenvalue weighted by Crippen LogP contribution is -2.63. The number of benzene rings is 3. The molecule has 3 aromatic rings. The summed E-state index contributed by atoms with van der Waals surface area (Å²) in [4.78, 5) is 13.5. The van der Waals surface area contributed by atoms with Crippen LogP contribution in [0.5, 0.6) is 0 Å². The van der Waals surface area contributed by atoms with Crippen LogP contribution in [0.2, 0.25) is 0 Å². The maximum Gasteiger partial charge on any atom is 0.248 e. The van der Waals surface area contributed by atoms with E-state index in [-0.39, 0.29) is 43.5 Å². The van der Waals surface area contributed by atoms with Crippen LogP contribution in [0.3, 0.4) is 0 Å². The highest BCUT2D eigenvalue weighted by molar-refractivity contribution is 6.76. The van der Waals surface area contributed by atoms with Crippen molar-refractivity contribution in [1.82, 2.24) is 0 Å². The molecule has 0 N–H and O–H groups in total. The average molecular weight is 906 g/mol. The van der Waals surface area contributed by atoms with Gasteiger partial charge in [0, 0.05) is 24.2 Å².